The Hall–Kier alpha value is -3.90. The molecule has 0 bridgehead atoms. The molecule has 1 aliphatic heterocycles. The second-order valence-corrected chi connectivity index (χ2v) is 10.2. The molecule has 1 aromatic heterocycles. The van der Waals surface area contributed by atoms with Crippen LogP contribution in [0.15, 0.2) is 78.7 Å². The van der Waals surface area contributed by atoms with Crippen LogP contribution in [0.2, 0.25) is 0 Å². The highest BCUT2D eigenvalue weighted by Crippen LogP contribution is 2.28. The molecular weight excluding hydrogens is 466 g/mol. The summed E-state index contributed by atoms with van der Waals surface area (Å²) in [5.41, 5.74) is 2.06. The van der Waals surface area contributed by atoms with E-state index in [0.29, 0.717) is 42.2 Å². The van der Waals surface area contributed by atoms with Crippen molar-refractivity contribution in [2.45, 2.75) is 37.7 Å². The average Bonchev–Trinajstić information content (AvgIpc) is 2.91. The van der Waals surface area contributed by atoms with Gasteiger partial charge in [-0.3, -0.25) is 9.52 Å². The van der Waals surface area contributed by atoms with E-state index in [-0.39, 0.29) is 24.2 Å². The highest BCUT2D eigenvalue weighted by Gasteiger charge is 2.30. The molecular formula is C26H25N3O5S. The lowest BCUT2D eigenvalue weighted by molar-refractivity contribution is -0.119. The van der Waals surface area contributed by atoms with Gasteiger partial charge in [-0.25, -0.2) is 13.4 Å². The molecule has 8 nitrogen and oxygen atoms in total. The predicted molar refractivity (Wildman–Crippen MR) is 130 cm³/mol. The molecule has 2 heterocycles. The molecule has 1 aromatic carbocycles. The Morgan fingerprint density at radius 2 is 1.97 bits per heavy atom. The van der Waals surface area contributed by atoms with Crippen LogP contribution in [0, 0.1) is 11.3 Å². The molecule has 1 aliphatic carbocycles. The van der Waals surface area contributed by atoms with Gasteiger partial charge >= 0.3 is 0 Å². The molecule has 2 aliphatic rings. The van der Waals surface area contributed by atoms with E-state index in [9.17, 15) is 13.2 Å². The van der Waals surface area contributed by atoms with Crippen molar-refractivity contribution in [3.8, 4) is 17.7 Å². The molecule has 35 heavy (non-hydrogen) atoms. The number of carbonyl (C=O) groups is 1. The summed E-state index contributed by atoms with van der Waals surface area (Å²) in [6.07, 6.45) is 9.31. The maximum Gasteiger partial charge on any atom is 0.235 e. The summed E-state index contributed by atoms with van der Waals surface area (Å²) in [7, 11) is -3.58. The molecule has 1 N–H and O–H groups in total. The zero-order valence-electron chi connectivity index (χ0n) is 19.0. The normalized spacial score (nSPS) is 22.9. The predicted octanol–water partition coefficient (Wildman–Crippen LogP) is 3.89. The highest BCUT2D eigenvalue weighted by molar-refractivity contribution is 7.90. The first-order valence-electron chi connectivity index (χ1n) is 11.2. The number of rotatable bonds is 5. The van der Waals surface area contributed by atoms with Gasteiger partial charge < -0.3 is 9.47 Å². The zero-order valence-corrected chi connectivity index (χ0v) is 19.8. The number of allylic oxidation sites excluding steroid dienone is 3. The number of amides is 1. The first kappa shape index (κ1) is 24.2. The van der Waals surface area contributed by atoms with Gasteiger partial charge in [0.1, 0.15) is 23.7 Å². The van der Waals surface area contributed by atoms with E-state index in [1.165, 1.54) is 6.20 Å². The average molecular weight is 492 g/mol. The van der Waals surface area contributed by atoms with E-state index in [1.54, 1.807) is 12.1 Å². The second kappa shape index (κ2) is 10.6. The third-order valence-electron chi connectivity index (χ3n) is 5.76. The van der Waals surface area contributed by atoms with Gasteiger partial charge in [0.15, 0.2) is 0 Å². The number of carbonyl (C=O) groups excluding carboxylic acids is 1. The molecule has 9 heteroatoms. The minimum Gasteiger partial charge on any atom is -0.490 e. The van der Waals surface area contributed by atoms with Crippen LogP contribution in [-0.4, -0.2) is 31.2 Å². The Kier molecular flexibility index (Phi) is 7.32. The number of nitriles is 1. The van der Waals surface area contributed by atoms with Crippen LogP contribution >= 0.6 is 0 Å². The van der Waals surface area contributed by atoms with E-state index in [1.807, 2.05) is 53.3 Å². The fraction of sp³-hybridized carbons (Fsp3) is 0.269. The van der Waals surface area contributed by atoms with Crippen LogP contribution in [0.1, 0.15) is 42.7 Å². The number of aromatic nitrogens is 1. The summed E-state index contributed by atoms with van der Waals surface area (Å²) in [6.45, 7) is 4.15. The molecule has 1 saturated heterocycles. The lowest BCUT2D eigenvalue weighted by Gasteiger charge is -2.23. The molecule has 0 saturated carbocycles. The largest absolute Gasteiger partial charge is 0.490 e. The molecule has 1 unspecified atom stereocenters. The van der Waals surface area contributed by atoms with E-state index < -0.39 is 15.9 Å². The fourth-order valence-electron chi connectivity index (χ4n) is 3.94. The first-order valence-corrected chi connectivity index (χ1v) is 12.9. The number of pyridine rings is 1. The van der Waals surface area contributed by atoms with Gasteiger partial charge in [-0.15, -0.1) is 0 Å². The molecule has 2 atom stereocenters. The summed E-state index contributed by atoms with van der Waals surface area (Å²) >= 11 is 0. The molecule has 180 valence electrons. The fourth-order valence-corrected chi connectivity index (χ4v) is 5.30. The van der Waals surface area contributed by atoms with Gasteiger partial charge in [0, 0.05) is 31.0 Å². The third-order valence-corrected chi connectivity index (χ3v) is 7.14. The van der Waals surface area contributed by atoms with Crippen LogP contribution in [0.25, 0.3) is 0 Å². The SMILES string of the molecule is C=C1CC[C@@H](Oc2ccc(C3CC(=O)NS(=O)(=O)C3)cc2)C/C=C\C=C1Oc1ccc(C#N)cn1. The summed E-state index contributed by atoms with van der Waals surface area (Å²) in [5.74, 6) is 0.714. The van der Waals surface area contributed by atoms with Gasteiger partial charge in [-0.1, -0.05) is 30.9 Å². The number of sulfonamides is 1. The van der Waals surface area contributed by atoms with Crippen molar-refractivity contribution in [2.24, 2.45) is 0 Å². The third kappa shape index (κ3) is 6.58. The van der Waals surface area contributed by atoms with Crippen LogP contribution in [-0.2, 0) is 14.8 Å². The van der Waals surface area contributed by atoms with E-state index in [0.717, 1.165) is 11.1 Å². The highest BCUT2D eigenvalue weighted by atomic mass is 32.2. The number of benzene rings is 1. The van der Waals surface area contributed by atoms with Crippen molar-refractivity contribution in [1.82, 2.24) is 9.71 Å². The van der Waals surface area contributed by atoms with E-state index in [4.69, 9.17) is 14.7 Å². The maximum absolute atomic E-state index is 11.8. The number of ether oxygens (including phenoxy) is 2. The van der Waals surface area contributed by atoms with E-state index in [2.05, 4.69) is 11.6 Å². The lowest BCUT2D eigenvalue weighted by atomic mass is 9.97. The molecule has 0 radical (unpaired) electrons. The lowest BCUT2D eigenvalue weighted by Crippen LogP contribution is -2.40. The summed E-state index contributed by atoms with van der Waals surface area (Å²) < 4.78 is 37.8. The van der Waals surface area contributed by atoms with Crippen molar-refractivity contribution in [3.63, 3.8) is 0 Å². The second-order valence-electron chi connectivity index (χ2n) is 8.45. The Morgan fingerprint density at radius 3 is 2.66 bits per heavy atom. The van der Waals surface area contributed by atoms with Gasteiger partial charge in [0.25, 0.3) is 0 Å². The number of hydrogen-bond acceptors (Lipinski definition) is 7. The molecule has 1 fully saturated rings. The van der Waals surface area contributed by atoms with Crippen molar-refractivity contribution < 1.29 is 22.7 Å². The Morgan fingerprint density at radius 1 is 1.17 bits per heavy atom. The van der Waals surface area contributed by atoms with Gasteiger partial charge in [-0.2, -0.15) is 5.26 Å². The summed E-state index contributed by atoms with van der Waals surface area (Å²) in [6, 6.07) is 12.6. The van der Waals surface area contributed by atoms with Gasteiger partial charge in [-0.05, 0) is 48.3 Å². The number of nitrogens with one attached hydrogen (secondary N) is 1. The molecule has 1 amide bonds. The first-order chi connectivity index (χ1) is 16.8. The standard InChI is InChI=1S/C26H25N3O5S/c1-18-6-10-22(4-2-3-5-24(18)34-26-13-7-19(15-27)16-28-26)33-23-11-8-20(9-12-23)21-14-25(30)29-35(31,32)17-21/h2-3,5,7-9,11-13,16,21-22H,1,4,6,10,14,17H2,(H,29,30)/b3-2-,24-5?/t21?,22-/m0/s1. The van der Waals surface area contributed by atoms with E-state index >= 15 is 0 Å². The van der Waals surface area contributed by atoms with Crippen molar-refractivity contribution in [2.75, 3.05) is 5.75 Å². The van der Waals surface area contributed by atoms with Gasteiger partial charge in [0.05, 0.1) is 11.3 Å². The van der Waals surface area contributed by atoms with Gasteiger partial charge in [0.2, 0.25) is 21.8 Å². The van der Waals surface area contributed by atoms with Crippen LogP contribution in [0.3, 0.4) is 0 Å². The summed E-state index contributed by atoms with van der Waals surface area (Å²) in [4.78, 5) is 15.9. The smallest absolute Gasteiger partial charge is 0.235 e. The number of nitrogens with zero attached hydrogens (tertiary/aromatic N) is 2. The Labute approximate surface area is 204 Å². The van der Waals surface area contributed by atoms with Crippen molar-refractivity contribution in [3.05, 3.63) is 89.9 Å². The zero-order chi connectivity index (χ0) is 24.8. The monoisotopic (exact) mass is 491 g/mol. The van der Waals surface area contributed by atoms with Crippen LogP contribution < -0.4 is 14.2 Å². The molecule has 0 spiro atoms. The quantitative estimate of drug-likeness (QED) is 0.674. The van der Waals surface area contributed by atoms with Crippen LogP contribution in [0.4, 0.5) is 0 Å². The number of hydrogen-bond donors (Lipinski definition) is 1. The minimum absolute atomic E-state index is 0.0875. The molecule has 2 aromatic rings. The minimum atomic E-state index is -3.58. The van der Waals surface area contributed by atoms with Crippen LogP contribution in [0.5, 0.6) is 11.6 Å². The maximum atomic E-state index is 11.8. The van der Waals surface area contributed by atoms with Crippen molar-refractivity contribution in [1.29, 1.82) is 5.26 Å². The Balaban J connectivity index is 1.36. The van der Waals surface area contributed by atoms with Crippen molar-refractivity contribution >= 4 is 15.9 Å². The summed E-state index contributed by atoms with van der Waals surface area (Å²) in [5, 5.41) is 8.91. The Bertz CT molecular complexity index is 1310. The molecule has 4 rings (SSSR count). The topological polar surface area (TPSA) is 118 Å².